The number of nitrogens with two attached hydrogens (primary N) is 3. The van der Waals surface area contributed by atoms with Crippen molar-refractivity contribution in [3.05, 3.63) is 0 Å². The van der Waals surface area contributed by atoms with Gasteiger partial charge in [-0.15, -0.1) is 0 Å². The molecule has 0 bridgehead atoms. The van der Waals surface area contributed by atoms with Crippen LogP contribution in [0.3, 0.4) is 0 Å². The summed E-state index contributed by atoms with van der Waals surface area (Å²) in [5.41, 5.74) is 16.1. The van der Waals surface area contributed by atoms with E-state index in [1.165, 1.54) is 6.92 Å². The number of nitrogens with zero attached hydrogens (tertiary/aromatic N) is 2. The molecule has 15 heteroatoms. The number of aliphatic hydroxyl groups excluding tert-OH is 1. The number of carbonyl (C=O) groups is 5. The quantitative estimate of drug-likeness (QED) is 0.0710. The lowest BCUT2D eigenvalue weighted by Crippen LogP contribution is -2.60. The number of aliphatic carboxylic acids is 2. The lowest BCUT2D eigenvalue weighted by atomic mass is 10.1. The molecule has 5 atom stereocenters. The average Bonchev–Trinajstić information content (AvgIpc) is 3.22. The number of amides is 3. The van der Waals surface area contributed by atoms with Gasteiger partial charge in [-0.05, 0) is 32.6 Å². The largest absolute Gasteiger partial charge is 0.481 e. The molecule has 1 saturated heterocycles. The van der Waals surface area contributed by atoms with E-state index in [1.54, 1.807) is 0 Å². The topological polar surface area (TPSA) is 264 Å². The molecule has 0 aromatic heterocycles. The minimum absolute atomic E-state index is 0.00364. The van der Waals surface area contributed by atoms with E-state index in [0.717, 1.165) is 4.90 Å². The number of carboxylic acids is 2. The average molecular weight is 488 g/mol. The molecule has 0 spiro atoms. The van der Waals surface area contributed by atoms with E-state index < -0.39 is 66.4 Å². The van der Waals surface area contributed by atoms with E-state index in [0.29, 0.717) is 6.42 Å². The molecule has 1 rings (SSSR count). The third kappa shape index (κ3) is 8.82. The summed E-state index contributed by atoms with van der Waals surface area (Å²) >= 11 is 0. The molecule has 0 saturated carbocycles. The second-order valence-electron chi connectivity index (χ2n) is 7.97. The number of aliphatic imine (C=N–C) groups is 1. The van der Waals surface area contributed by atoms with Gasteiger partial charge in [0.1, 0.15) is 18.1 Å². The van der Waals surface area contributed by atoms with Crippen LogP contribution in [-0.4, -0.2) is 99.2 Å². The van der Waals surface area contributed by atoms with E-state index in [-0.39, 0.29) is 38.3 Å². The molecule has 1 aliphatic rings. The van der Waals surface area contributed by atoms with Crippen LogP contribution in [0, 0.1) is 0 Å². The Balaban J connectivity index is 2.99. The van der Waals surface area contributed by atoms with Gasteiger partial charge in [-0.2, -0.15) is 0 Å². The predicted molar refractivity (Wildman–Crippen MR) is 118 cm³/mol. The standard InChI is InChI=1S/C19H33N7O8/c1-9(27)14(17(32)26-7-3-5-12(26)18(33)34)25-16(31)11(4-2-6-23-19(21)22)24-15(30)10(20)8-13(28)29/h9-12,14,27H,2-8,20H2,1H3,(H,24,30)(H,25,31)(H,28,29)(H,33,34)(H4,21,22,23). The van der Waals surface area contributed by atoms with E-state index in [9.17, 15) is 34.2 Å². The lowest BCUT2D eigenvalue weighted by molar-refractivity contribution is -0.150. The van der Waals surface area contributed by atoms with Crippen molar-refractivity contribution in [2.75, 3.05) is 13.1 Å². The fourth-order valence-corrected chi connectivity index (χ4v) is 3.44. The van der Waals surface area contributed by atoms with Gasteiger partial charge in [-0.25, -0.2) is 4.79 Å². The number of carbonyl (C=O) groups excluding carboxylic acids is 3. The summed E-state index contributed by atoms with van der Waals surface area (Å²) in [6, 6.07) is -5.24. The van der Waals surface area contributed by atoms with Crippen molar-refractivity contribution in [2.24, 2.45) is 22.2 Å². The first-order chi connectivity index (χ1) is 15.8. The molecule has 15 nitrogen and oxygen atoms in total. The highest BCUT2D eigenvalue weighted by molar-refractivity contribution is 5.95. The van der Waals surface area contributed by atoms with Crippen LogP contribution in [0.15, 0.2) is 4.99 Å². The monoisotopic (exact) mass is 487 g/mol. The summed E-state index contributed by atoms with van der Waals surface area (Å²) in [4.78, 5) is 65.2. The van der Waals surface area contributed by atoms with E-state index in [4.69, 9.17) is 22.3 Å². The zero-order chi connectivity index (χ0) is 26.0. The number of hydrogen-bond acceptors (Lipinski definition) is 8. The smallest absolute Gasteiger partial charge is 0.326 e. The normalized spacial score (nSPS) is 18.8. The van der Waals surface area contributed by atoms with Crippen LogP contribution < -0.4 is 27.8 Å². The molecule has 3 amide bonds. The second-order valence-corrected chi connectivity index (χ2v) is 7.97. The Hall–Kier alpha value is -3.46. The van der Waals surface area contributed by atoms with Crippen LogP contribution in [-0.2, 0) is 24.0 Å². The van der Waals surface area contributed by atoms with Crippen molar-refractivity contribution in [2.45, 2.75) is 69.3 Å². The lowest BCUT2D eigenvalue weighted by Gasteiger charge is -2.30. The number of carboxylic acid groups (broad SMARTS) is 2. The van der Waals surface area contributed by atoms with Crippen molar-refractivity contribution >= 4 is 35.6 Å². The summed E-state index contributed by atoms with van der Waals surface area (Å²) < 4.78 is 0. The van der Waals surface area contributed by atoms with Gasteiger partial charge in [0.05, 0.1) is 18.6 Å². The number of guanidine groups is 1. The highest BCUT2D eigenvalue weighted by Gasteiger charge is 2.40. The molecule has 1 fully saturated rings. The van der Waals surface area contributed by atoms with Crippen LogP contribution in [0.5, 0.6) is 0 Å². The first-order valence-electron chi connectivity index (χ1n) is 10.7. The number of rotatable bonds is 13. The Labute approximate surface area is 195 Å². The third-order valence-electron chi connectivity index (χ3n) is 5.18. The van der Waals surface area contributed by atoms with E-state index >= 15 is 0 Å². The van der Waals surface area contributed by atoms with Gasteiger partial charge in [-0.3, -0.25) is 24.2 Å². The van der Waals surface area contributed by atoms with Gasteiger partial charge < -0.3 is 48.1 Å². The summed E-state index contributed by atoms with van der Waals surface area (Å²) in [5, 5.41) is 33.0. The molecule has 1 aliphatic heterocycles. The van der Waals surface area contributed by atoms with Gasteiger partial charge in [0.15, 0.2) is 5.96 Å². The van der Waals surface area contributed by atoms with Crippen LogP contribution in [0.25, 0.3) is 0 Å². The number of hydrogen-bond donors (Lipinski definition) is 8. The molecule has 0 radical (unpaired) electrons. The van der Waals surface area contributed by atoms with Gasteiger partial charge in [0.25, 0.3) is 0 Å². The van der Waals surface area contributed by atoms with Crippen LogP contribution in [0.2, 0.25) is 0 Å². The van der Waals surface area contributed by atoms with Gasteiger partial charge in [0, 0.05) is 13.1 Å². The Morgan fingerprint density at radius 3 is 2.29 bits per heavy atom. The minimum Gasteiger partial charge on any atom is -0.481 e. The molecular weight excluding hydrogens is 454 g/mol. The number of likely N-dealkylation sites (tertiary alicyclic amines) is 1. The maximum atomic E-state index is 12.9. The molecule has 0 aromatic carbocycles. The SMILES string of the molecule is CC(O)C(NC(=O)C(CCCN=C(N)N)NC(=O)C(N)CC(=O)O)C(=O)N1CCCC1C(=O)O. The van der Waals surface area contributed by atoms with Gasteiger partial charge in [-0.1, -0.05) is 0 Å². The van der Waals surface area contributed by atoms with Crippen molar-refractivity contribution in [1.82, 2.24) is 15.5 Å². The van der Waals surface area contributed by atoms with Crippen LogP contribution in [0.4, 0.5) is 0 Å². The molecule has 0 aliphatic carbocycles. The predicted octanol–water partition coefficient (Wildman–Crippen LogP) is -3.73. The zero-order valence-corrected chi connectivity index (χ0v) is 18.8. The first-order valence-corrected chi connectivity index (χ1v) is 10.7. The van der Waals surface area contributed by atoms with Crippen molar-refractivity contribution in [1.29, 1.82) is 0 Å². The Morgan fingerprint density at radius 2 is 1.76 bits per heavy atom. The molecule has 5 unspecified atom stereocenters. The summed E-state index contributed by atoms with van der Waals surface area (Å²) in [6.45, 7) is 1.53. The zero-order valence-electron chi connectivity index (χ0n) is 18.8. The summed E-state index contributed by atoms with van der Waals surface area (Å²) in [7, 11) is 0. The van der Waals surface area contributed by atoms with Gasteiger partial charge >= 0.3 is 11.9 Å². The van der Waals surface area contributed by atoms with Crippen LogP contribution in [0.1, 0.15) is 39.0 Å². The van der Waals surface area contributed by atoms with Crippen molar-refractivity contribution < 1.29 is 39.3 Å². The number of aliphatic hydroxyl groups is 1. The second kappa shape index (κ2) is 13.3. The molecule has 11 N–H and O–H groups in total. The fourth-order valence-electron chi connectivity index (χ4n) is 3.44. The van der Waals surface area contributed by atoms with E-state index in [1.807, 2.05) is 0 Å². The highest BCUT2D eigenvalue weighted by Crippen LogP contribution is 2.19. The molecule has 0 aromatic rings. The minimum atomic E-state index is -1.47. The fraction of sp³-hybridized carbons (Fsp3) is 0.684. The first kappa shape index (κ1) is 28.6. The molecular formula is C19H33N7O8. The Kier molecular flexibility index (Phi) is 11.2. The van der Waals surface area contributed by atoms with Crippen molar-refractivity contribution in [3.63, 3.8) is 0 Å². The molecule has 34 heavy (non-hydrogen) atoms. The third-order valence-corrected chi connectivity index (χ3v) is 5.18. The van der Waals surface area contributed by atoms with Crippen molar-refractivity contribution in [3.8, 4) is 0 Å². The summed E-state index contributed by atoms with van der Waals surface area (Å²) in [6.07, 6.45) is -1.13. The number of nitrogens with one attached hydrogen (secondary N) is 2. The van der Waals surface area contributed by atoms with Gasteiger partial charge in [0.2, 0.25) is 17.7 Å². The van der Waals surface area contributed by atoms with E-state index in [2.05, 4.69) is 15.6 Å². The Morgan fingerprint density at radius 1 is 1.12 bits per heavy atom. The summed E-state index contributed by atoms with van der Waals surface area (Å²) in [5.74, 6) is -5.22. The highest BCUT2D eigenvalue weighted by atomic mass is 16.4. The molecule has 192 valence electrons. The maximum Gasteiger partial charge on any atom is 0.326 e. The molecule has 1 heterocycles. The Bertz CT molecular complexity index is 800. The maximum absolute atomic E-state index is 12.9. The van der Waals surface area contributed by atoms with Crippen LogP contribution >= 0.6 is 0 Å².